The number of aromatic nitrogens is 3. The molecule has 12 nitrogen and oxygen atoms in total. The third-order valence-corrected chi connectivity index (χ3v) is 12.0. The van der Waals surface area contributed by atoms with Gasteiger partial charge in [0, 0.05) is 51.3 Å². The van der Waals surface area contributed by atoms with E-state index >= 15 is 9.59 Å². The van der Waals surface area contributed by atoms with Gasteiger partial charge in [0.1, 0.15) is 51.4 Å². The highest BCUT2D eigenvalue weighted by Crippen LogP contribution is 2.41. The first-order valence-corrected chi connectivity index (χ1v) is 21.9. The van der Waals surface area contributed by atoms with Gasteiger partial charge in [-0.05, 0) is 90.5 Å². The third kappa shape index (κ3) is 8.59. The van der Waals surface area contributed by atoms with E-state index in [4.69, 9.17) is 37.1 Å². The molecule has 6 aromatic carbocycles. The Morgan fingerprint density at radius 3 is 1.64 bits per heavy atom. The number of hydrogen-bond acceptors (Lipinski definition) is 10. The van der Waals surface area contributed by atoms with Gasteiger partial charge in [-0.1, -0.05) is 96.0 Å². The third-order valence-electron chi connectivity index (χ3n) is 11.4. The summed E-state index contributed by atoms with van der Waals surface area (Å²) in [5, 5.41) is 32.9. The van der Waals surface area contributed by atoms with Crippen molar-refractivity contribution >= 4 is 78.7 Å². The number of furan rings is 1. The fourth-order valence-electron chi connectivity index (χ4n) is 8.13. The summed E-state index contributed by atoms with van der Waals surface area (Å²) < 4.78 is 19.4. The predicted molar refractivity (Wildman–Crippen MR) is 256 cm³/mol. The minimum absolute atomic E-state index is 0.160. The number of carbonyl (C=O) groups is 2. The first kappa shape index (κ1) is 42.7. The average molecular weight is 927 g/mol. The Kier molecular flexibility index (Phi) is 11.7. The standard InChI is InChI=1S/C53H37Cl2N5O7/c54-39-27-37(48(61)46-35(39)19-11-23-56-46)44(32-25-30-13-7-9-21-41(30)58-29-32)59-52(63)50(65-33-15-3-1-4-16-33)51(66-34-17-5-2-6-18-34)53(64)60-45(43-26-31-14-8-10-22-42(31)67-43)38-28-40(55)36-20-12-24-57-47(36)49(38)62/h1-29,44-45,50-51,61-62H,(H,59,63)(H,60,64). The number of halogens is 2. The maximum atomic E-state index is 15.4. The molecule has 67 heavy (non-hydrogen) atoms. The number of aromatic hydroxyl groups is 2. The number of fused-ring (bicyclic) bond motifs is 4. The number of ether oxygens (including phenoxy) is 2. The molecular formula is C53H37Cl2N5O7. The van der Waals surface area contributed by atoms with Crippen molar-refractivity contribution in [1.29, 1.82) is 0 Å². The zero-order chi connectivity index (χ0) is 46.0. The van der Waals surface area contributed by atoms with Crippen LogP contribution in [0.4, 0.5) is 0 Å². The SMILES string of the molecule is O=C(NC(c1cnc2ccccc2c1)c1cc(Cl)c2cccnc2c1O)C(Oc1ccccc1)C(Oc1ccccc1)C(=O)NC(c1cc2ccccc2o1)c1cc(Cl)c2cccnc2c1O. The Morgan fingerprint density at radius 1 is 0.552 bits per heavy atom. The lowest BCUT2D eigenvalue weighted by Gasteiger charge is -2.30. The molecule has 4 atom stereocenters. The van der Waals surface area contributed by atoms with Crippen LogP contribution in [-0.4, -0.2) is 49.2 Å². The van der Waals surface area contributed by atoms with Gasteiger partial charge in [0.15, 0.2) is 0 Å². The molecule has 330 valence electrons. The van der Waals surface area contributed by atoms with Crippen molar-refractivity contribution in [3.63, 3.8) is 0 Å². The van der Waals surface area contributed by atoms with Crippen molar-refractivity contribution in [2.75, 3.05) is 0 Å². The number of phenols is 2. The molecule has 4 N–H and O–H groups in total. The topological polar surface area (TPSA) is 169 Å². The Morgan fingerprint density at radius 2 is 1.06 bits per heavy atom. The molecule has 2 amide bonds. The highest BCUT2D eigenvalue weighted by atomic mass is 35.5. The second-order valence-electron chi connectivity index (χ2n) is 15.6. The van der Waals surface area contributed by atoms with Gasteiger partial charge in [-0.15, -0.1) is 0 Å². The Labute approximate surface area is 392 Å². The fourth-order valence-corrected chi connectivity index (χ4v) is 8.67. The van der Waals surface area contributed by atoms with E-state index in [0.29, 0.717) is 27.4 Å². The number of nitrogens with zero attached hydrogens (tertiary/aromatic N) is 3. The van der Waals surface area contributed by atoms with Crippen LogP contribution in [0.15, 0.2) is 181 Å². The quantitative estimate of drug-likeness (QED) is 0.0873. The van der Waals surface area contributed by atoms with E-state index in [9.17, 15) is 10.2 Å². The number of pyridine rings is 3. The molecule has 0 spiro atoms. The van der Waals surface area contributed by atoms with Gasteiger partial charge in [-0.3, -0.25) is 24.5 Å². The van der Waals surface area contributed by atoms with Crippen LogP contribution >= 0.6 is 23.2 Å². The zero-order valence-electron chi connectivity index (χ0n) is 35.1. The maximum absolute atomic E-state index is 15.4. The second-order valence-corrected chi connectivity index (χ2v) is 16.4. The molecule has 10 rings (SSSR count). The molecule has 0 radical (unpaired) electrons. The van der Waals surface area contributed by atoms with Gasteiger partial charge in [0.2, 0.25) is 12.2 Å². The van der Waals surface area contributed by atoms with Crippen LogP contribution in [0.5, 0.6) is 23.0 Å². The fraction of sp³-hybridized carbons (Fsp3) is 0.0755. The zero-order valence-corrected chi connectivity index (χ0v) is 36.6. The first-order valence-electron chi connectivity index (χ1n) is 21.1. The molecule has 0 saturated heterocycles. The Balaban J connectivity index is 1.11. The van der Waals surface area contributed by atoms with Crippen molar-refractivity contribution in [2.45, 2.75) is 24.3 Å². The Bertz CT molecular complexity index is 3430. The van der Waals surface area contributed by atoms with Gasteiger partial charge in [-0.2, -0.15) is 0 Å². The molecule has 0 aliphatic heterocycles. The number of carbonyl (C=O) groups excluding carboxylic acids is 2. The summed E-state index contributed by atoms with van der Waals surface area (Å²) in [5.74, 6) is -1.44. The number of benzene rings is 6. The van der Waals surface area contributed by atoms with Crippen molar-refractivity contribution in [3.05, 3.63) is 209 Å². The molecule has 0 bridgehead atoms. The number of phenolic OH excluding ortho intramolecular Hbond substituents is 2. The summed E-state index contributed by atoms with van der Waals surface area (Å²) in [4.78, 5) is 44.3. The van der Waals surface area contributed by atoms with Crippen LogP contribution in [-0.2, 0) is 9.59 Å². The highest BCUT2D eigenvalue weighted by Gasteiger charge is 2.42. The molecular weight excluding hydrogens is 890 g/mol. The smallest absolute Gasteiger partial charge is 0.266 e. The van der Waals surface area contributed by atoms with Crippen LogP contribution in [0, 0.1) is 0 Å². The lowest BCUT2D eigenvalue weighted by molar-refractivity contribution is -0.143. The summed E-state index contributed by atoms with van der Waals surface area (Å²) in [5.41, 5.74) is 2.46. The number of nitrogens with one attached hydrogen (secondary N) is 2. The minimum Gasteiger partial charge on any atom is -0.505 e. The molecule has 0 aliphatic rings. The summed E-state index contributed by atoms with van der Waals surface area (Å²) in [6, 6.07) is 43.0. The van der Waals surface area contributed by atoms with Gasteiger partial charge < -0.3 is 34.7 Å². The Hall–Kier alpha value is -8.19. The second kappa shape index (κ2) is 18.4. The maximum Gasteiger partial charge on any atom is 0.266 e. The number of para-hydroxylation sites is 4. The number of rotatable bonds is 13. The van der Waals surface area contributed by atoms with Crippen molar-refractivity contribution in [3.8, 4) is 23.0 Å². The summed E-state index contributed by atoms with van der Waals surface area (Å²) in [7, 11) is 0. The highest BCUT2D eigenvalue weighted by molar-refractivity contribution is 6.36. The lowest BCUT2D eigenvalue weighted by atomic mass is 9.95. The van der Waals surface area contributed by atoms with Gasteiger partial charge in [-0.25, -0.2) is 0 Å². The van der Waals surface area contributed by atoms with E-state index in [1.165, 1.54) is 18.5 Å². The number of amides is 2. The minimum atomic E-state index is -1.75. The van der Waals surface area contributed by atoms with Crippen molar-refractivity contribution < 1.29 is 33.7 Å². The molecule has 0 aliphatic carbocycles. The van der Waals surface area contributed by atoms with Gasteiger partial charge in [0.05, 0.1) is 21.6 Å². The summed E-state index contributed by atoms with van der Waals surface area (Å²) >= 11 is 13.7. The van der Waals surface area contributed by atoms with E-state index in [1.807, 2.05) is 48.5 Å². The molecule has 4 heterocycles. The molecule has 10 aromatic rings. The van der Waals surface area contributed by atoms with Gasteiger partial charge in [0.25, 0.3) is 11.8 Å². The van der Waals surface area contributed by atoms with Crippen LogP contribution in [0.3, 0.4) is 0 Å². The molecule has 4 unspecified atom stereocenters. The predicted octanol–water partition coefficient (Wildman–Crippen LogP) is 10.8. The van der Waals surface area contributed by atoms with E-state index in [1.54, 1.807) is 109 Å². The normalized spacial score (nSPS) is 13.2. The van der Waals surface area contributed by atoms with E-state index < -0.39 is 36.1 Å². The van der Waals surface area contributed by atoms with Crippen LogP contribution in [0.25, 0.3) is 43.7 Å². The van der Waals surface area contributed by atoms with Crippen LogP contribution < -0.4 is 20.1 Å². The summed E-state index contributed by atoms with van der Waals surface area (Å²) in [6.45, 7) is 0. The monoisotopic (exact) mass is 925 g/mol. The van der Waals surface area contributed by atoms with E-state index in [2.05, 4.69) is 25.6 Å². The molecule has 4 aromatic heterocycles. The van der Waals surface area contributed by atoms with Crippen molar-refractivity contribution in [1.82, 2.24) is 25.6 Å². The molecule has 0 saturated carbocycles. The van der Waals surface area contributed by atoms with Gasteiger partial charge >= 0.3 is 0 Å². The summed E-state index contributed by atoms with van der Waals surface area (Å²) in [6.07, 6.45) is 1.14. The lowest BCUT2D eigenvalue weighted by Crippen LogP contribution is -2.56. The van der Waals surface area contributed by atoms with Crippen molar-refractivity contribution in [2.24, 2.45) is 0 Å². The largest absolute Gasteiger partial charge is 0.505 e. The average Bonchev–Trinajstić information content (AvgIpc) is 3.81. The number of hydrogen-bond donors (Lipinski definition) is 4. The van der Waals surface area contributed by atoms with E-state index in [-0.39, 0.29) is 61.0 Å². The van der Waals surface area contributed by atoms with Crippen LogP contribution in [0.2, 0.25) is 10.0 Å². The molecule has 0 fully saturated rings. The molecule has 14 heteroatoms. The van der Waals surface area contributed by atoms with E-state index in [0.717, 1.165) is 10.8 Å². The first-order chi connectivity index (χ1) is 32.7. The van der Waals surface area contributed by atoms with Crippen LogP contribution in [0.1, 0.15) is 34.5 Å².